The average Bonchev–Trinajstić information content (AvgIpc) is 3.16. The number of hydrogen-bond acceptors (Lipinski definition) is 4. The molecule has 6 heteroatoms. The molecule has 0 radical (unpaired) electrons. The van der Waals surface area contributed by atoms with E-state index < -0.39 is 0 Å². The highest BCUT2D eigenvalue weighted by atomic mass is 35.5. The number of rotatable bonds is 5. The Balaban J connectivity index is 1.79. The minimum absolute atomic E-state index is 0.0527. The van der Waals surface area contributed by atoms with Gasteiger partial charge in [0.1, 0.15) is 11.3 Å². The van der Waals surface area contributed by atoms with Crippen molar-refractivity contribution < 1.29 is 13.6 Å². The summed E-state index contributed by atoms with van der Waals surface area (Å²) in [6.07, 6.45) is 1.63. The summed E-state index contributed by atoms with van der Waals surface area (Å²) in [5.74, 6) is 0.857. The summed E-state index contributed by atoms with van der Waals surface area (Å²) in [6.45, 7) is 2.27. The maximum Gasteiger partial charge on any atom is 0.287 e. The SMILES string of the molecule is Cc1c(C(=O)NC[C@H](c2ccco2)N(C)C)oc2ccc(Cl)cc12. The van der Waals surface area contributed by atoms with Gasteiger partial charge in [-0.25, -0.2) is 0 Å². The second-order valence-corrected chi connectivity index (χ2v) is 6.34. The van der Waals surface area contributed by atoms with Gasteiger partial charge in [0.2, 0.25) is 0 Å². The number of halogens is 1. The molecule has 1 aromatic carbocycles. The first-order valence-electron chi connectivity index (χ1n) is 7.64. The van der Waals surface area contributed by atoms with Crippen LogP contribution in [0.25, 0.3) is 11.0 Å². The van der Waals surface area contributed by atoms with E-state index in [2.05, 4.69) is 5.32 Å². The molecule has 2 heterocycles. The van der Waals surface area contributed by atoms with Crippen LogP contribution in [-0.4, -0.2) is 31.4 Å². The van der Waals surface area contributed by atoms with E-state index in [-0.39, 0.29) is 11.9 Å². The quantitative estimate of drug-likeness (QED) is 0.758. The topological polar surface area (TPSA) is 58.6 Å². The van der Waals surface area contributed by atoms with E-state index in [1.54, 1.807) is 24.5 Å². The fourth-order valence-electron chi connectivity index (χ4n) is 2.70. The lowest BCUT2D eigenvalue weighted by molar-refractivity contribution is 0.0912. The highest BCUT2D eigenvalue weighted by molar-refractivity contribution is 6.31. The summed E-state index contributed by atoms with van der Waals surface area (Å²) in [5, 5.41) is 4.38. The van der Waals surface area contributed by atoms with Crippen LogP contribution in [0.2, 0.25) is 5.02 Å². The Hall–Kier alpha value is -2.24. The molecule has 3 rings (SSSR count). The van der Waals surface area contributed by atoms with Crippen LogP contribution in [0.5, 0.6) is 0 Å². The van der Waals surface area contributed by atoms with E-state index >= 15 is 0 Å². The highest BCUT2D eigenvalue weighted by Crippen LogP contribution is 2.28. The average molecular weight is 347 g/mol. The molecule has 24 heavy (non-hydrogen) atoms. The third kappa shape index (κ3) is 3.18. The van der Waals surface area contributed by atoms with Crippen molar-refractivity contribution in [1.29, 1.82) is 0 Å². The van der Waals surface area contributed by atoms with Gasteiger partial charge in [-0.1, -0.05) is 11.6 Å². The standard InChI is InChI=1S/C18H19ClN2O3/c1-11-13-9-12(19)6-7-15(13)24-17(11)18(22)20-10-14(21(2)3)16-5-4-8-23-16/h4-9,14H,10H2,1-3H3,(H,20,22)/t14-/m1/s1. The summed E-state index contributed by atoms with van der Waals surface area (Å²) in [4.78, 5) is 14.5. The van der Waals surface area contributed by atoms with E-state index in [9.17, 15) is 4.79 Å². The van der Waals surface area contributed by atoms with Gasteiger partial charge in [0.25, 0.3) is 5.91 Å². The molecule has 1 atom stereocenters. The zero-order chi connectivity index (χ0) is 17.3. The predicted octanol–water partition coefficient (Wildman–Crippen LogP) is 4.02. The minimum Gasteiger partial charge on any atom is -0.468 e. The lowest BCUT2D eigenvalue weighted by Crippen LogP contribution is -2.34. The molecule has 0 fully saturated rings. The van der Waals surface area contributed by atoms with Crippen LogP contribution in [0, 0.1) is 6.92 Å². The number of furan rings is 2. The second-order valence-electron chi connectivity index (χ2n) is 5.90. The largest absolute Gasteiger partial charge is 0.468 e. The number of aryl methyl sites for hydroxylation is 1. The molecule has 1 N–H and O–H groups in total. The van der Waals surface area contributed by atoms with Crippen LogP contribution >= 0.6 is 11.6 Å². The number of nitrogens with zero attached hydrogens (tertiary/aromatic N) is 1. The van der Waals surface area contributed by atoms with Crippen LogP contribution in [0.4, 0.5) is 0 Å². The summed E-state index contributed by atoms with van der Waals surface area (Å²) < 4.78 is 11.1. The first-order valence-corrected chi connectivity index (χ1v) is 8.02. The predicted molar refractivity (Wildman–Crippen MR) is 93.4 cm³/mol. The van der Waals surface area contributed by atoms with E-state index in [1.165, 1.54) is 0 Å². The van der Waals surface area contributed by atoms with Crippen molar-refractivity contribution in [1.82, 2.24) is 10.2 Å². The molecule has 0 spiro atoms. The fourth-order valence-corrected chi connectivity index (χ4v) is 2.87. The number of hydrogen-bond donors (Lipinski definition) is 1. The van der Waals surface area contributed by atoms with Crippen LogP contribution in [0.1, 0.15) is 27.9 Å². The summed E-state index contributed by atoms with van der Waals surface area (Å²) in [7, 11) is 3.88. The van der Waals surface area contributed by atoms with Crippen molar-refractivity contribution in [3.63, 3.8) is 0 Å². The molecule has 0 saturated heterocycles. The lowest BCUT2D eigenvalue weighted by atomic mass is 10.1. The second kappa shape index (κ2) is 6.71. The third-order valence-corrected chi connectivity index (χ3v) is 4.29. The molecule has 0 saturated carbocycles. The summed E-state index contributed by atoms with van der Waals surface area (Å²) in [6, 6.07) is 8.99. The third-order valence-electron chi connectivity index (χ3n) is 4.06. The zero-order valence-electron chi connectivity index (χ0n) is 13.8. The molecule has 0 bridgehead atoms. The summed E-state index contributed by atoms with van der Waals surface area (Å²) >= 11 is 6.02. The Labute approximate surface area is 145 Å². The molecular weight excluding hydrogens is 328 g/mol. The van der Waals surface area contributed by atoms with Crippen molar-refractivity contribution in [3.05, 3.63) is 58.7 Å². The van der Waals surface area contributed by atoms with Gasteiger partial charge in [-0.15, -0.1) is 0 Å². The molecule has 0 aliphatic heterocycles. The number of nitrogens with one attached hydrogen (secondary N) is 1. The lowest BCUT2D eigenvalue weighted by Gasteiger charge is -2.22. The number of fused-ring (bicyclic) bond motifs is 1. The van der Waals surface area contributed by atoms with Crippen molar-refractivity contribution in [2.75, 3.05) is 20.6 Å². The van der Waals surface area contributed by atoms with E-state index in [0.29, 0.717) is 22.9 Å². The maximum atomic E-state index is 12.5. The van der Waals surface area contributed by atoms with Crippen LogP contribution < -0.4 is 5.32 Å². The molecule has 3 aromatic rings. The van der Waals surface area contributed by atoms with Crippen molar-refractivity contribution in [3.8, 4) is 0 Å². The Bertz CT molecular complexity index is 853. The number of likely N-dealkylation sites (N-methyl/N-ethyl adjacent to an activating group) is 1. The van der Waals surface area contributed by atoms with Gasteiger partial charge in [-0.3, -0.25) is 9.69 Å². The minimum atomic E-state index is -0.252. The van der Waals surface area contributed by atoms with Gasteiger partial charge in [-0.05, 0) is 51.4 Å². The van der Waals surface area contributed by atoms with Crippen molar-refractivity contribution in [2.24, 2.45) is 0 Å². The molecule has 0 unspecified atom stereocenters. The van der Waals surface area contributed by atoms with Gasteiger partial charge in [0, 0.05) is 22.5 Å². The Morgan fingerprint density at radius 3 is 2.79 bits per heavy atom. The van der Waals surface area contributed by atoms with Crippen LogP contribution in [0.15, 0.2) is 45.4 Å². The van der Waals surface area contributed by atoms with Gasteiger partial charge in [0.05, 0.1) is 12.3 Å². The van der Waals surface area contributed by atoms with Crippen molar-refractivity contribution >= 4 is 28.5 Å². The normalized spacial score (nSPS) is 12.7. The number of carbonyl (C=O) groups is 1. The number of benzene rings is 1. The van der Waals surface area contributed by atoms with E-state index in [4.69, 9.17) is 20.4 Å². The molecular formula is C18H19ClN2O3. The first kappa shape index (κ1) is 16.6. The van der Waals surface area contributed by atoms with Crippen molar-refractivity contribution in [2.45, 2.75) is 13.0 Å². The molecule has 0 aliphatic rings. The Kier molecular flexibility index (Phi) is 4.64. The van der Waals surface area contributed by atoms with Crippen LogP contribution in [0.3, 0.4) is 0 Å². The number of amides is 1. The molecule has 2 aromatic heterocycles. The molecule has 1 amide bonds. The van der Waals surface area contributed by atoms with Crippen LogP contribution in [-0.2, 0) is 0 Å². The van der Waals surface area contributed by atoms with E-state index in [1.807, 2.05) is 38.1 Å². The first-order chi connectivity index (χ1) is 11.5. The molecule has 126 valence electrons. The zero-order valence-corrected chi connectivity index (χ0v) is 14.6. The van der Waals surface area contributed by atoms with Gasteiger partial charge in [0.15, 0.2) is 5.76 Å². The van der Waals surface area contributed by atoms with Gasteiger partial charge >= 0.3 is 0 Å². The molecule has 5 nitrogen and oxygen atoms in total. The Morgan fingerprint density at radius 1 is 1.33 bits per heavy atom. The maximum absolute atomic E-state index is 12.5. The summed E-state index contributed by atoms with van der Waals surface area (Å²) in [5.41, 5.74) is 1.43. The van der Waals surface area contributed by atoms with Gasteiger partial charge < -0.3 is 14.2 Å². The number of carbonyl (C=O) groups excluding carboxylic acids is 1. The fraction of sp³-hybridized carbons (Fsp3) is 0.278. The van der Waals surface area contributed by atoms with Gasteiger partial charge in [-0.2, -0.15) is 0 Å². The smallest absolute Gasteiger partial charge is 0.287 e. The molecule has 0 aliphatic carbocycles. The van der Waals surface area contributed by atoms with E-state index in [0.717, 1.165) is 16.7 Å². The highest BCUT2D eigenvalue weighted by Gasteiger charge is 2.21. The Morgan fingerprint density at radius 2 is 2.12 bits per heavy atom. The monoisotopic (exact) mass is 346 g/mol.